The molecule has 1 heterocycles. The summed E-state index contributed by atoms with van der Waals surface area (Å²) in [6.45, 7) is 5.50. The van der Waals surface area contributed by atoms with Crippen LogP contribution in [0.3, 0.4) is 0 Å². The first-order valence-electron chi connectivity index (χ1n) is 11.5. The molecule has 0 atom stereocenters. The summed E-state index contributed by atoms with van der Waals surface area (Å²) in [6, 6.07) is 5.32. The lowest BCUT2D eigenvalue weighted by molar-refractivity contribution is -0.274. The fourth-order valence-corrected chi connectivity index (χ4v) is 3.05. The summed E-state index contributed by atoms with van der Waals surface area (Å²) in [5.74, 6) is -0.645. The number of amides is 2. The van der Waals surface area contributed by atoms with Crippen LogP contribution in [0.1, 0.15) is 44.4 Å². The van der Waals surface area contributed by atoms with E-state index in [-0.39, 0.29) is 23.9 Å². The van der Waals surface area contributed by atoms with Gasteiger partial charge >= 0.3 is 6.36 Å². The average molecular weight is 512 g/mol. The predicted molar refractivity (Wildman–Crippen MR) is 126 cm³/mol. The maximum atomic E-state index is 12.3. The van der Waals surface area contributed by atoms with Crippen LogP contribution in [0.2, 0.25) is 0 Å². The number of alkyl halides is 3. The molecule has 0 radical (unpaired) electrons. The minimum absolute atomic E-state index is 0.0102. The zero-order valence-electron chi connectivity index (χ0n) is 20.3. The van der Waals surface area contributed by atoms with Crippen molar-refractivity contribution in [2.45, 2.75) is 59.1 Å². The van der Waals surface area contributed by atoms with E-state index in [0.717, 1.165) is 12.8 Å². The lowest BCUT2D eigenvalue weighted by Crippen LogP contribution is -2.29. The Balaban J connectivity index is 1.63. The second-order valence-corrected chi connectivity index (χ2v) is 8.49. The summed E-state index contributed by atoms with van der Waals surface area (Å²) in [5, 5.41) is 16.4. The molecular formula is C23H32F3N7O3. The predicted octanol–water partition coefficient (Wildman–Crippen LogP) is 2.33. The van der Waals surface area contributed by atoms with E-state index in [1.807, 2.05) is 13.8 Å². The Kier molecular flexibility index (Phi) is 11.0. The molecule has 0 saturated heterocycles. The number of carbonyl (C=O) groups is 2. The van der Waals surface area contributed by atoms with Gasteiger partial charge in [0.05, 0.1) is 12.7 Å². The van der Waals surface area contributed by atoms with Crippen molar-refractivity contribution in [1.82, 2.24) is 30.9 Å². The van der Waals surface area contributed by atoms with Crippen molar-refractivity contribution < 1.29 is 27.5 Å². The summed E-state index contributed by atoms with van der Waals surface area (Å²) in [6.07, 6.45) is 0.424. The van der Waals surface area contributed by atoms with Crippen molar-refractivity contribution in [1.29, 1.82) is 0 Å². The number of ether oxygens (including phenoxy) is 1. The lowest BCUT2D eigenvalue weighted by Gasteiger charge is -2.11. The Morgan fingerprint density at radius 1 is 1.19 bits per heavy atom. The highest BCUT2D eigenvalue weighted by atomic mass is 19.4. The molecule has 0 unspecified atom stereocenters. The van der Waals surface area contributed by atoms with Gasteiger partial charge in [-0.25, -0.2) is 0 Å². The summed E-state index contributed by atoms with van der Waals surface area (Å²) < 4.78 is 42.5. The van der Waals surface area contributed by atoms with Crippen molar-refractivity contribution in [2.75, 3.05) is 6.54 Å². The average Bonchev–Trinajstić information content (AvgIpc) is 3.24. The molecule has 36 heavy (non-hydrogen) atoms. The third-order valence-electron chi connectivity index (χ3n) is 4.71. The largest absolute Gasteiger partial charge is 0.573 e. The molecule has 13 heteroatoms. The summed E-state index contributed by atoms with van der Waals surface area (Å²) >= 11 is 0. The van der Waals surface area contributed by atoms with E-state index in [1.165, 1.54) is 24.4 Å². The van der Waals surface area contributed by atoms with Gasteiger partial charge in [0.1, 0.15) is 17.1 Å². The van der Waals surface area contributed by atoms with Crippen LogP contribution in [0.5, 0.6) is 5.75 Å². The van der Waals surface area contributed by atoms with Gasteiger partial charge in [-0.05, 0) is 36.5 Å². The molecule has 0 aliphatic carbocycles. The standard InChI is InChI=1S/C23H32F3N7O3/c1-16(2)10-21(34)29-13-18-15-33(32-31-18)9-4-3-8-28-14-20(27)22(35)30-12-17-6-5-7-19(11-17)36-23(24,25)26/h5-7,11,14-16,28H,3-4,8-10,12-13,27H2,1-2H3,(H,29,34)(H,30,35)/b20-14-. The van der Waals surface area contributed by atoms with E-state index in [9.17, 15) is 22.8 Å². The van der Waals surface area contributed by atoms with Crippen LogP contribution in [0.4, 0.5) is 13.2 Å². The number of hydrogen-bond acceptors (Lipinski definition) is 7. The number of nitrogens with two attached hydrogens (primary N) is 1. The molecular weight excluding hydrogens is 479 g/mol. The topological polar surface area (TPSA) is 136 Å². The van der Waals surface area contributed by atoms with Gasteiger partial charge < -0.3 is 26.4 Å². The van der Waals surface area contributed by atoms with E-state index >= 15 is 0 Å². The zero-order valence-corrected chi connectivity index (χ0v) is 20.3. The van der Waals surface area contributed by atoms with E-state index < -0.39 is 12.3 Å². The SMILES string of the molecule is CC(C)CC(=O)NCc1cn(CCCCN/C=C(\N)C(=O)NCc2cccc(OC(F)(F)F)c2)nn1. The van der Waals surface area contributed by atoms with E-state index in [1.54, 1.807) is 16.9 Å². The lowest BCUT2D eigenvalue weighted by atomic mass is 10.1. The van der Waals surface area contributed by atoms with Crippen LogP contribution >= 0.6 is 0 Å². The van der Waals surface area contributed by atoms with E-state index in [0.29, 0.717) is 43.2 Å². The van der Waals surface area contributed by atoms with Crippen LogP contribution in [0.15, 0.2) is 42.4 Å². The summed E-state index contributed by atoms with van der Waals surface area (Å²) in [5.41, 5.74) is 6.80. The first-order valence-corrected chi connectivity index (χ1v) is 11.5. The second-order valence-electron chi connectivity index (χ2n) is 8.49. The van der Waals surface area contributed by atoms with Crippen LogP contribution < -0.4 is 26.4 Å². The Labute approximate surface area is 207 Å². The molecule has 2 rings (SSSR count). The Hall–Kier alpha value is -3.77. The minimum atomic E-state index is -4.79. The summed E-state index contributed by atoms with van der Waals surface area (Å²) in [7, 11) is 0. The van der Waals surface area contributed by atoms with Gasteiger partial charge in [0.25, 0.3) is 5.91 Å². The quantitative estimate of drug-likeness (QED) is 0.226. The molecule has 0 spiro atoms. The number of nitrogens with zero attached hydrogens (tertiary/aromatic N) is 3. The van der Waals surface area contributed by atoms with E-state index in [2.05, 4.69) is 31.0 Å². The van der Waals surface area contributed by atoms with Crippen LogP contribution in [-0.4, -0.2) is 39.7 Å². The zero-order chi connectivity index (χ0) is 26.6. The smallest absolute Gasteiger partial charge is 0.406 e. The third kappa shape index (κ3) is 11.6. The number of carbonyl (C=O) groups excluding carboxylic acids is 2. The molecule has 0 bridgehead atoms. The van der Waals surface area contributed by atoms with Crippen molar-refractivity contribution >= 4 is 11.8 Å². The van der Waals surface area contributed by atoms with Gasteiger partial charge in [0, 0.05) is 32.3 Å². The fourth-order valence-electron chi connectivity index (χ4n) is 3.05. The maximum absolute atomic E-state index is 12.3. The molecule has 0 saturated carbocycles. The molecule has 198 valence electrons. The number of aromatic nitrogens is 3. The number of hydrogen-bond donors (Lipinski definition) is 4. The number of unbranched alkanes of at least 4 members (excludes halogenated alkanes) is 1. The molecule has 10 nitrogen and oxygen atoms in total. The van der Waals surface area contributed by atoms with Gasteiger partial charge in [-0.1, -0.05) is 31.2 Å². The fraction of sp³-hybridized carbons (Fsp3) is 0.478. The monoisotopic (exact) mass is 511 g/mol. The Morgan fingerprint density at radius 3 is 2.69 bits per heavy atom. The van der Waals surface area contributed by atoms with Gasteiger partial charge in [0.2, 0.25) is 5.91 Å². The Morgan fingerprint density at radius 2 is 1.97 bits per heavy atom. The third-order valence-corrected chi connectivity index (χ3v) is 4.71. The second kappa shape index (κ2) is 14.0. The van der Waals surface area contributed by atoms with Crippen LogP contribution in [0.25, 0.3) is 0 Å². The van der Waals surface area contributed by atoms with Gasteiger partial charge in [0.15, 0.2) is 0 Å². The molecule has 2 amide bonds. The maximum Gasteiger partial charge on any atom is 0.573 e. The highest BCUT2D eigenvalue weighted by molar-refractivity contribution is 5.92. The van der Waals surface area contributed by atoms with Crippen molar-refractivity contribution in [3.05, 3.63) is 53.6 Å². The molecule has 1 aromatic carbocycles. The Bertz CT molecular complexity index is 1020. The number of rotatable bonds is 14. The van der Waals surface area contributed by atoms with Crippen LogP contribution in [0, 0.1) is 5.92 Å². The number of benzene rings is 1. The first-order chi connectivity index (χ1) is 17.0. The first kappa shape index (κ1) is 28.5. The van der Waals surface area contributed by atoms with Crippen molar-refractivity contribution in [2.24, 2.45) is 11.7 Å². The normalized spacial score (nSPS) is 11.9. The molecule has 2 aromatic rings. The number of nitrogens with one attached hydrogen (secondary N) is 3. The van der Waals surface area contributed by atoms with E-state index in [4.69, 9.17) is 5.73 Å². The van der Waals surface area contributed by atoms with Gasteiger partial charge in [-0.15, -0.1) is 18.3 Å². The van der Waals surface area contributed by atoms with Crippen LogP contribution in [-0.2, 0) is 29.2 Å². The number of aryl methyl sites for hydroxylation is 1. The van der Waals surface area contributed by atoms with Crippen molar-refractivity contribution in [3.63, 3.8) is 0 Å². The summed E-state index contributed by atoms with van der Waals surface area (Å²) in [4.78, 5) is 23.8. The van der Waals surface area contributed by atoms with Crippen molar-refractivity contribution in [3.8, 4) is 5.75 Å². The molecule has 1 aromatic heterocycles. The highest BCUT2D eigenvalue weighted by Crippen LogP contribution is 2.23. The van der Waals surface area contributed by atoms with Gasteiger partial charge in [-0.3, -0.25) is 14.3 Å². The molecule has 0 aliphatic rings. The molecule has 0 fully saturated rings. The van der Waals surface area contributed by atoms with Gasteiger partial charge in [-0.2, -0.15) is 0 Å². The minimum Gasteiger partial charge on any atom is -0.406 e. The molecule has 5 N–H and O–H groups in total. The molecule has 0 aliphatic heterocycles. The number of halogens is 3. The highest BCUT2D eigenvalue weighted by Gasteiger charge is 2.31.